The second-order valence-electron chi connectivity index (χ2n) is 15.0. The molecule has 1 heterocycles. The van der Waals surface area contributed by atoms with Gasteiger partial charge in [0.15, 0.2) is 6.29 Å². The van der Waals surface area contributed by atoms with Gasteiger partial charge in [0.05, 0.1) is 12.2 Å². The topological polar surface area (TPSA) is 18.5 Å². The van der Waals surface area contributed by atoms with Gasteiger partial charge in [0.2, 0.25) is 0 Å². The quantitative estimate of drug-likeness (QED) is 0.334. The van der Waals surface area contributed by atoms with E-state index in [1.165, 1.54) is 89.9 Å². The Morgan fingerprint density at radius 3 is 2.37 bits per heavy atom. The molecule has 0 amide bonds. The van der Waals surface area contributed by atoms with Crippen molar-refractivity contribution in [3.63, 3.8) is 0 Å². The van der Waals surface area contributed by atoms with Gasteiger partial charge in [-0.3, -0.25) is 0 Å². The van der Waals surface area contributed by atoms with Gasteiger partial charge in [-0.1, -0.05) is 53.9 Å². The van der Waals surface area contributed by atoms with E-state index in [4.69, 9.17) is 9.47 Å². The molecule has 2 heteroatoms. The number of fused-ring (bicyclic) bond motifs is 5. The lowest BCUT2D eigenvalue weighted by molar-refractivity contribution is -0.229. The molecule has 2 nitrogen and oxygen atoms in total. The first kappa shape index (κ1) is 26.5. The summed E-state index contributed by atoms with van der Waals surface area (Å²) in [6.45, 7) is 15.1. The largest absolute Gasteiger partial charge is 0.350 e. The fourth-order valence-corrected chi connectivity index (χ4v) is 10.6. The number of rotatable bonds is 7. The van der Waals surface area contributed by atoms with E-state index in [0.717, 1.165) is 47.8 Å². The van der Waals surface area contributed by atoms with Gasteiger partial charge in [0.1, 0.15) is 0 Å². The van der Waals surface area contributed by atoms with Crippen LogP contribution in [0.25, 0.3) is 0 Å². The molecule has 0 aromatic rings. The monoisotopic (exact) mass is 486 g/mol. The second kappa shape index (κ2) is 10.6. The van der Waals surface area contributed by atoms with Crippen molar-refractivity contribution in [1.29, 1.82) is 0 Å². The van der Waals surface area contributed by atoms with Crippen LogP contribution < -0.4 is 0 Å². The molecule has 4 saturated carbocycles. The molecule has 202 valence electrons. The van der Waals surface area contributed by atoms with Gasteiger partial charge < -0.3 is 9.47 Å². The highest BCUT2D eigenvalue weighted by atomic mass is 16.7. The average molecular weight is 487 g/mol. The summed E-state index contributed by atoms with van der Waals surface area (Å²) >= 11 is 0. The predicted molar refractivity (Wildman–Crippen MR) is 146 cm³/mol. The second-order valence-corrected chi connectivity index (χ2v) is 15.0. The van der Waals surface area contributed by atoms with Crippen LogP contribution in [0.3, 0.4) is 0 Å². The average Bonchev–Trinajstić information content (AvgIpc) is 3.16. The minimum atomic E-state index is 0.0674. The smallest absolute Gasteiger partial charge is 0.158 e. The van der Waals surface area contributed by atoms with Gasteiger partial charge in [0, 0.05) is 0 Å². The molecule has 5 aliphatic rings. The van der Waals surface area contributed by atoms with Gasteiger partial charge in [-0.05, 0) is 136 Å². The third-order valence-corrected chi connectivity index (χ3v) is 12.6. The first-order valence-electron chi connectivity index (χ1n) is 16.0. The van der Waals surface area contributed by atoms with Crippen molar-refractivity contribution in [3.05, 3.63) is 0 Å². The molecule has 35 heavy (non-hydrogen) atoms. The number of hydrogen-bond acceptors (Lipinski definition) is 2. The van der Waals surface area contributed by atoms with Crippen LogP contribution >= 0.6 is 0 Å². The zero-order valence-corrected chi connectivity index (χ0v) is 24.2. The molecule has 1 unspecified atom stereocenters. The van der Waals surface area contributed by atoms with Gasteiger partial charge in [-0.25, -0.2) is 0 Å². The standard InChI is InChI=1S/C33H58O2/c1-22(2)9-7-10-23(3)28-15-16-29-27-14-13-25-21-26(35-31-12-8-11-24(4)34-31)17-19-32(25,5)30(27)18-20-33(28,29)6/h22-31H,7-21H2,1-6H3/t23-,24+,25-,26-,27-,28+,29-,30-,31?,32-,33+/m0/s1. The van der Waals surface area contributed by atoms with Crippen molar-refractivity contribution in [2.75, 3.05) is 0 Å². The Balaban J connectivity index is 1.21. The minimum absolute atomic E-state index is 0.0674. The van der Waals surface area contributed by atoms with Crippen LogP contribution in [-0.4, -0.2) is 18.5 Å². The lowest BCUT2D eigenvalue weighted by Crippen LogP contribution is -2.54. The van der Waals surface area contributed by atoms with E-state index in [-0.39, 0.29) is 6.29 Å². The number of hydrogen-bond donors (Lipinski definition) is 0. The highest BCUT2D eigenvalue weighted by Crippen LogP contribution is 2.68. The molecule has 0 N–H and O–H groups in total. The van der Waals surface area contributed by atoms with Crippen molar-refractivity contribution in [3.8, 4) is 0 Å². The van der Waals surface area contributed by atoms with Crippen LogP contribution in [0.5, 0.6) is 0 Å². The molecular weight excluding hydrogens is 428 g/mol. The fourth-order valence-electron chi connectivity index (χ4n) is 10.6. The van der Waals surface area contributed by atoms with E-state index < -0.39 is 0 Å². The Kier molecular flexibility index (Phi) is 8.02. The van der Waals surface area contributed by atoms with E-state index in [2.05, 4.69) is 41.5 Å². The van der Waals surface area contributed by atoms with Gasteiger partial charge in [-0.15, -0.1) is 0 Å². The molecule has 1 aliphatic heterocycles. The summed E-state index contributed by atoms with van der Waals surface area (Å²) in [5.41, 5.74) is 1.18. The van der Waals surface area contributed by atoms with Crippen molar-refractivity contribution >= 4 is 0 Å². The van der Waals surface area contributed by atoms with E-state index in [0.29, 0.717) is 23.0 Å². The summed E-state index contributed by atoms with van der Waals surface area (Å²) in [4.78, 5) is 0. The van der Waals surface area contributed by atoms with Gasteiger partial charge in [-0.2, -0.15) is 0 Å². The van der Waals surface area contributed by atoms with Crippen LogP contribution in [0.4, 0.5) is 0 Å². The van der Waals surface area contributed by atoms with Crippen molar-refractivity contribution < 1.29 is 9.47 Å². The molecular formula is C33H58O2. The van der Waals surface area contributed by atoms with Crippen molar-refractivity contribution in [2.45, 2.75) is 156 Å². The van der Waals surface area contributed by atoms with E-state index in [1.807, 2.05) is 0 Å². The molecule has 0 radical (unpaired) electrons. The Bertz CT molecular complexity index is 703. The van der Waals surface area contributed by atoms with Crippen molar-refractivity contribution in [1.82, 2.24) is 0 Å². The van der Waals surface area contributed by atoms with Crippen molar-refractivity contribution in [2.24, 2.45) is 52.3 Å². The third-order valence-electron chi connectivity index (χ3n) is 12.6. The summed E-state index contributed by atoms with van der Waals surface area (Å²) in [6.07, 6.45) is 21.8. The zero-order chi connectivity index (χ0) is 24.8. The summed E-state index contributed by atoms with van der Waals surface area (Å²) in [5.74, 6) is 6.62. The Labute approximate surface area is 218 Å². The van der Waals surface area contributed by atoms with Crippen LogP contribution in [0.2, 0.25) is 0 Å². The van der Waals surface area contributed by atoms with Gasteiger partial charge >= 0.3 is 0 Å². The molecule has 1 saturated heterocycles. The maximum absolute atomic E-state index is 6.58. The molecule has 0 aromatic carbocycles. The molecule has 0 aromatic heterocycles. The molecule has 5 rings (SSSR count). The van der Waals surface area contributed by atoms with E-state index in [9.17, 15) is 0 Å². The predicted octanol–water partition coefficient (Wildman–Crippen LogP) is 9.41. The lowest BCUT2D eigenvalue weighted by Gasteiger charge is -2.61. The van der Waals surface area contributed by atoms with Crippen LogP contribution in [0.1, 0.15) is 138 Å². The molecule has 11 atom stereocenters. The summed E-state index contributed by atoms with van der Waals surface area (Å²) < 4.78 is 12.7. The number of ether oxygens (including phenoxy) is 2. The maximum Gasteiger partial charge on any atom is 0.158 e. The minimum Gasteiger partial charge on any atom is -0.350 e. The summed E-state index contributed by atoms with van der Waals surface area (Å²) in [6, 6.07) is 0. The Morgan fingerprint density at radius 2 is 1.60 bits per heavy atom. The van der Waals surface area contributed by atoms with E-state index in [1.54, 1.807) is 0 Å². The summed E-state index contributed by atoms with van der Waals surface area (Å²) in [5, 5.41) is 0. The molecule has 5 fully saturated rings. The SMILES string of the molecule is CC(C)CCC[C@H](C)[C@H]1CC[C@H]2[C@@H]3CC[C@H]4C[C@@H](OC5CCC[C@@H](C)O5)CC[C@]4(C)[C@H]3CC[C@]12C. The van der Waals surface area contributed by atoms with Crippen LogP contribution in [0, 0.1) is 52.3 Å². The van der Waals surface area contributed by atoms with Crippen LogP contribution in [0.15, 0.2) is 0 Å². The summed E-state index contributed by atoms with van der Waals surface area (Å²) in [7, 11) is 0. The highest BCUT2D eigenvalue weighted by molar-refractivity contribution is 5.09. The molecule has 4 aliphatic carbocycles. The van der Waals surface area contributed by atoms with E-state index >= 15 is 0 Å². The first-order chi connectivity index (χ1) is 16.7. The normalized spacial score (nSPS) is 48.8. The maximum atomic E-state index is 6.58. The third kappa shape index (κ3) is 5.15. The highest BCUT2D eigenvalue weighted by Gasteiger charge is 2.60. The Hall–Kier alpha value is -0.0800. The van der Waals surface area contributed by atoms with Gasteiger partial charge in [0.25, 0.3) is 0 Å². The van der Waals surface area contributed by atoms with Crippen LogP contribution in [-0.2, 0) is 9.47 Å². The first-order valence-corrected chi connectivity index (χ1v) is 16.0. The Morgan fingerprint density at radius 1 is 0.829 bits per heavy atom. The molecule has 0 bridgehead atoms. The molecule has 0 spiro atoms. The zero-order valence-electron chi connectivity index (χ0n) is 24.2. The lowest BCUT2D eigenvalue weighted by atomic mass is 9.44. The fraction of sp³-hybridized carbons (Fsp3) is 1.00.